The van der Waals surface area contributed by atoms with E-state index in [1.807, 2.05) is 24.6 Å². The van der Waals surface area contributed by atoms with Crippen LogP contribution in [0.1, 0.15) is 11.1 Å². The number of nitrogens with zero attached hydrogens (tertiary/aromatic N) is 8. The van der Waals surface area contributed by atoms with E-state index in [0.29, 0.717) is 45.8 Å². The first kappa shape index (κ1) is 36.5. The number of sulfonamides is 1. The Morgan fingerprint density at radius 2 is 1.60 bits per heavy atom. The lowest BCUT2D eigenvalue weighted by Gasteiger charge is -2.11. The summed E-state index contributed by atoms with van der Waals surface area (Å²) in [5.41, 5.74) is 15.9. The quantitative estimate of drug-likeness (QED) is 0.0956. The lowest BCUT2D eigenvalue weighted by Crippen LogP contribution is -2.41. The summed E-state index contributed by atoms with van der Waals surface area (Å²) in [6.45, 7) is 4.17. The first-order valence-electron chi connectivity index (χ1n) is 16.2. The summed E-state index contributed by atoms with van der Waals surface area (Å²) in [6.07, 6.45) is 10.1. The molecule has 274 valence electrons. The third kappa shape index (κ3) is 8.60. The van der Waals surface area contributed by atoms with Gasteiger partial charge in [0.25, 0.3) is 0 Å². The molecule has 0 atom stereocenters. The average molecular weight is 743 g/mol. The van der Waals surface area contributed by atoms with Crippen molar-refractivity contribution >= 4 is 39.2 Å². The predicted molar refractivity (Wildman–Crippen MR) is 193 cm³/mol. The molecular weight excluding hydrogens is 706 g/mol. The van der Waals surface area contributed by atoms with Crippen molar-refractivity contribution in [2.45, 2.75) is 32.0 Å². The van der Waals surface area contributed by atoms with Gasteiger partial charge in [-0.1, -0.05) is 17.1 Å². The minimum absolute atomic E-state index is 0.0986. The van der Waals surface area contributed by atoms with Gasteiger partial charge in [-0.3, -0.25) is 9.48 Å². The van der Waals surface area contributed by atoms with Crippen molar-refractivity contribution in [2.24, 2.45) is 11.5 Å². The number of amides is 1. The Balaban J connectivity index is 1.25. The number of rotatable bonds is 15. The first-order chi connectivity index (χ1) is 25.4. The number of nitrogens with one attached hydrogen (secondary N) is 3. The number of carbonyl (C=O) groups excluding carboxylic acids is 1. The molecule has 4 heterocycles. The molecule has 0 aliphatic carbocycles. The van der Waals surface area contributed by atoms with E-state index in [-0.39, 0.29) is 36.9 Å². The number of aryl methyl sites for hydroxylation is 2. The van der Waals surface area contributed by atoms with Crippen LogP contribution in [0.5, 0.6) is 5.75 Å². The van der Waals surface area contributed by atoms with Crippen LogP contribution in [-0.2, 0) is 28.0 Å². The first-order valence-corrected chi connectivity index (χ1v) is 17.7. The van der Waals surface area contributed by atoms with Crippen LogP contribution < -0.4 is 36.1 Å². The molecule has 0 aliphatic rings. The van der Waals surface area contributed by atoms with Crippen molar-refractivity contribution in [1.29, 1.82) is 0 Å². The van der Waals surface area contributed by atoms with Gasteiger partial charge < -0.3 is 21.5 Å². The van der Waals surface area contributed by atoms with E-state index in [2.05, 4.69) is 35.5 Å². The normalized spacial score (nSPS) is 11.4. The van der Waals surface area contributed by atoms with Gasteiger partial charge in [-0.25, -0.2) is 42.1 Å². The van der Waals surface area contributed by atoms with Gasteiger partial charge in [0.05, 0.1) is 54.4 Å². The SMILES string of the molecule is COc1ccc(-c2nc(Nc3cnn(CC(N)=O)c3)[n+](Cn3cc(Nc4ncc(C)c(-c5ccc(S(=O)(=O)NCCN)cc5)n4)cn3)cc2C)cc1F. The Hall–Kier alpha value is -6.31. The number of primary amides is 1. The maximum absolute atomic E-state index is 14.7. The molecule has 17 nitrogen and oxygen atoms in total. The van der Waals surface area contributed by atoms with Gasteiger partial charge in [0.2, 0.25) is 21.9 Å². The van der Waals surface area contributed by atoms with E-state index in [4.69, 9.17) is 21.2 Å². The fourth-order valence-corrected chi connectivity index (χ4v) is 6.43. The van der Waals surface area contributed by atoms with Crippen LogP contribution in [0.25, 0.3) is 22.5 Å². The minimum atomic E-state index is -3.67. The summed E-state index contributed by atoms with van der Waals surface area (Å²) >= 11 is 0. The molecule has 53 heavy (non-hydrogen) atoms. The summed E-state index contributed by atoms with van der Waals surface area (Å²) in [6, 6.07) is 11.0. The van der Waals surface area contributed by atoms with Crippen LogP contribution in [-0.4, -0.2) is 69.0 Å². The third-order valence-corrected chi connectivity index (χ3v) is 9.35. The van der Waals surface area contributed by atoms with Gasteiger partial charge in [-0.15, -0.1) is 0 Å². The molecule has 6 aromatic rings. The maximum atomic E-state index is 14.7. The molecule has 0 unspecified atom stereocenters. The van der Waals surface area contributed by atoms with Crippen molar-refractivity contribution < 1.29 is 26.9 Å². The summed E-state index contributed by atoms with van der Waals surface area (Å²) in [7, 11) is -2.28. The van der Waals surface area contributed by atoms with Crippen LogP contribution in [0.3, 0.4) is 0 Å². The Kier molecular flexibility index (Phi) is 10.7. The summed E-state index contributed by atoms with van der Waals surface area (Å²) < 4.78 is 52.1. The van der Waals surface area contributed by atoms with E-state index in [9.17, 15) is 17.6 Å². The molecule has 4 aromatic heterocycles. The number of aromatic nitrogens is 8. The van der Waals surface area contributed by atoms with Gasteiger partial charge in [0.1, 0.15) is 12.2 Å². The second-order valence-corrected chi connectivity index (χ2v) is 13.7. The zero-order chi connectivity index (χ0) is 37.7. The van der Waals surface area contributed by atoms with Crippen molar-refractivity contribution in [3.8, 4) is 28.3 Å². The lowest BCUT2D eigenvalue weighted by atomic mass is 10.1. The van der Waals surface area contributed by atoms with E-state index in [1.54, 1.807) is 53.7 Å². The lowest BCUT2D eigenvalue weighted by molar-refractivity contribution is -0.691. The van der Waals surface area contributed by atoms with Crippen molar-refractivity contribution in [3.63, 3.8) is 0 Å². The highest BCUT2D eigenvalue weighted by Gasteiger charge is 2.22. The van der Waals surface area contributed by atoms with Crippen molar-refractivity contribution in [3.05, 3.63) is 96.6 Å². The molecule has 19 heteroatoms. The molecule has 1 amide bonds. The summed E-state index contributed by atoms with van der Waals surface area (Å²) in [4.78, 5) is 25.5. The zero-order valence-corrected chi connectivity index (χ0v) is 29.8. The number of ether oxygens (including phenoxy) is 1. The minimum Gasteiger partial charge on any atom is -0.494 e. The maximum Gasteiger partial charge on any atom is 0.398 e. The number of methoxy groups -OCH3 is 1. The van der Waals surface area contributed by atoms with E-state index in [1.165, 1.54) is 36.2 Å². The van der Waals surface area contributed by atoms with Crippen molar-refractivity contribution in [1.82, 2.24) is 39.2 Å². The molecule has 6 rings (SSSR count). The average Bonchev–Trinajstić information content (AvgIpc) is 3.77. The number of nitrogens with two attached hydrogens (primary N) is 2. The molecule has 0 saturated heterocycles. The molecular formula is C34H37FN13O4S+. The number of benzene rings is 2. The molecule has 0 spiro atoms. The number of hydrogen-bond acceptors (Lipinski definition) is 12. The highest BCUT2D eigenvalue weighted by atomic mass is 32.2. The van der Waals surface area contributed by atoms with Gasteiger partial charge in [0.15, 0.2) is 23.9 Å². The monoisotopic (exact) mass is 742 g/mol. The largest absolute Gasteiger partial charge is 0.494 e. The molecule has 0 fully saturated rings. The second kappa shape index (κ2) is 15.5. The standard InChI is InChI=1S/C34H36FN13O4S/c1-21-13-38-33(44-31(21)23-4-7-27(8-5-23)53(50,51)41-11-10-36)42-25-14-40-48(18-25)20-46-16-22(2)32(24-6-9-29(52-3)28(35)12-24)45-34(46)43-26-15-39-47(17-26)19-30(37)49/h4-9,12-18,41H,10-11,19-20,36H2,1-3H3,(H3,37,38,42,44,49)/p+1. The highest BCUT2D eigenvalue weighted by molar-refractivity contribution is 7.89. The van der Waals surface area contributed by atoms with Gasteiger partial charge >= 0.3 is 5.95 Å². The second-order valence-electron chi connectivity index (χ2n) is 11.9. The van der Waals surface area contributed by atoms with Crippen LogP contribution in [0.4, 0.5) is 27.7 Å². The van der Waals surface area contributed by atoms with Crippen molar-refractivity contribution in [2.75, 3.05) is 30.8 Å². The van der Waals surface area contributed by atoms with Crippen LogP contribution >= 0.6 is 0 Å². The Morgan fingerprint density at radius 1 is 0.925 bits per heavy atom. The molecule has 0 saturated carbocycles. The van der Waals surface area contributed by atoms with E-state index < -0.39 is 21.7 Å². The fourth-order valence-electron chi connectivity index (χ4n) is 5.38. The summed E-state index contributed by atoms with van der Waals surface area (Å²) in [5, 5.41) is 15.1. The van der Waals surface area contributed by atoms with Gasteiger partial charge in [0, 0.05) is 36.0 Å². The Bertz CT molecular complexity index is 2380. The fraction of sp³-hybridized carbons (Fsp3) is 0.206. The van der Waals surface area contributed by atoms with E-state index >= 15 is 0 Å². The smallest absolute Gasteiger partial charge is 0.398 e. The van der Waals surface area contributed by atoms with Crippen LogP contribution in [0, 0.1) is 19.7 Å². The summed E-state index contributed by atoms with van der Waals surface area (Å²) in [5.74, 6) is -0.256. The molecule has 0 bridgehead atoms. The molecule has 2 aromatic carbocycles. The number of hydrogen-bond donors (Lipinski definition) is 5. The topological polar surface area (TPSA) is 227 Å². The Labute approximate surface area is 303 Å². The highest BCUT2D eigenvalue weighted by Crippen LogP contribution is 2.28. The predicted octanol–water partition coefficient (Wildman–Crippen LogP) is 2.37. The van der Waals surface area contributed by atoms with E-state index in [0.717, 1.165) is 11.1 Å². The van der Waals surface area contributed by atoms with Gasteiger partial charge in [-0.05, 0) is 49.7 Å². The number of halogens is 1. The molecule has 7 N–H and O–H groups in total. The number of carbonyl (C=O) groups is 1. The van der Waals surface area contributed by atoms with Crippen LogP contribution in [0.2, 0.25) is 0 Å². The molecule has 0 aliphatic heterocycles. The zero-order valence-electron chi connectivity index (χ0n) is 29.0. The molecule has 0 radical (unpaired) electrons. The number of anilines is 4. The Morgan fingerprint density at radius 3 is 2.30 bits per heavy atom. The van der Waals surface area contributed by atoms with Gasteiger partial charge in [-0.2, -0.15) is 10.2 Å². The van der Waals surface area contributed by atoms with Crippen LogP contribution in [0.15, 0.2) is 84.5 Å². The third-order valence-electron chi connectivity index (χ3n) is 7.88.